The van der Waals surface area contributed by atoms with Gasteiger partial charge in [-0.15, -0.1) is 0 Å². The van der Waals surface area contributed by atoms with Crippen LogP contribution in [0.15, 0.2) is 91.0 Å². The SMILES string of the molecule is NC(=O)CNC(=O)[C@@H](N)CCOC(c1ccccc1)(c1ccccc1)c1ccccc1. The molecule has 0 heterocycles. The first-order valence-electron chi connectivity index (χ1n) is 10.2. The van der Waals surface area contributed by atoms with Gasteiger partial charge in [-0.05, 0) is 23.1 Å². The maximum absolute atomic E-state index is 12.1. The summed E-state index contributed by atoms with van der Waals surface area (Å²) in [6, 6.07) is 29.1. The molecule has 0 bridgehead atoms. The molecule has 0 unspecified atom stereocenters. The smallest absolute Gasteiger partial charge is 0.237 e. The third kappa shape index (κ3) is 5.36. The minimum atomic E-state index is -0.868. The van der Waals surface area contributed by atoms with Crippen LogP contribution in [0, 0.1) is 0 Å². The highest BCUT2D eigenvalue weighted by molar-refractivity contribution is 5.86. The van der Waals surface area contributed by atoms with Gasteiger partial charge < -0.3 is 21.5 Å². The Labute approximate surface area is 182 Å². The van der Waals surface area contributed by atoms with Gasteiger partial charge in [-0.1, -0.05) is 91.0 Å². The summed E-state index contributed by atoms with van der Waals surface area (Å²) < 4.78 is 6.58. The van der Waals surface area contributed by atoms with Crippen LogP contribution in [0.3, 0.4) is 0 Å². The van der Waals surface area contributed by atoms with E-state index in [2.05, 4.69) is 5.32 Å². The monoisotopic (exact) mass is 417 g/mol. The fourth-order valence-corrected chi connectivity index (χ4v) is 3.54. The molecule has 6 nitrogen and oxygen atoms in total. The molecule has 0 aliphatic heterocycles. The number of carbonyl (C=O) groups is 2. The summed E-state index contributed by atoms with van der Waals surface area (Å²) >= 11 is 0. The molecule has 0 saturated heterocycles. The molecule has 0 spiro atoms. The molecule has 0 saturated carbocycles. The van der Waals surface area contributed by atoms with Crippen molar-refractivity contribution in [3.05, 3.63) is 108 Å². The lowest BCUT2D eigenvalue weighted by molar-refractivity contribution is -0.126. The number of rotatable bonds is 10. The van der Waals surface area contributed by atoms with Gasteiger partial charge in [0, 0.05) is 0 Å². The van der Waals surface area contributed by atoms with Crippen molar-refractivity contribution in [1.29, 1.82) is 0 Å². The van der Waals surface area contributed by atoms with Gasteiger partial charge in [-0.2, -0.15) is 0 Å². The summed E-state index contributed by atoms with van der Waals surface area (Å²) in [5, 5.41) is 2.43. The van der Waals surface area contributed by atoms with E-state index < -0.39 is 23.5 Å². The molecule has 3 rings (SSSR count). The molecular weight excluding hydrogens is 390 g/mol. The lowest BCUT2D eigenvalue weighted by Crippen LogP contribution is -2.45. The van der Waals surface area contributed by atoms with E-state index in [-0.39, 0.29) is 19.6 Å². The first kappa shape index (κ1) is 22.2. The Hall–Kier alpha value is -3.48. The second kappa shape index (κ2) is 10.5. The van der Waals surface area contributed by atoms with E-state index in [1.165, 1.54) is 0 Å². The van der Waals surface area contributed by atoms with Crippen LogP contribution >= 0.6 is 0 Å². The standard InChI is InChI=1S/C25H27N3O3/c26-22(24(30)28-18-23(27)29)16-17-31-25(19-10-4-1-5-11-19,20-12-6-2-7-13-20)21-14-8-3-9-15-21/h1-15,22H,16-18,26H2,(H2,27,29)(H,28,30)/t22-/m0/s1. The molecule has 0 aromatic heterocycles. The molecular formula is C25H27N3O3. The highest BCUT2D eigenvalue weighted by Gasteiger charge is 2.37. The van der Waals surface area contributed by atoms with Gasteiger partial charge in [0.25, 0.3) is 0 Å². The zero-order valence-electron chi connectivity index (χ0n) is 17.2. The molecule has 3 aromatic rings. The third-order valence-corrected chi connectivity index (χ3v) is 5.06. The predicted molar refractivity (Wildman–Crippen MR) is 120 cm³/mol. The Morgan fingerprint density at radius 2 is 1.23 bits per heavy atom. The summed E-state index contributed by atoms with van der Waals surface area (Å²) in [4.78, 5) is 23.0. The van der Waals surface area contributed by atoms with Crippen molar-refractivity contribution in [2.45, 2.75) is 18.1 Å². The van der Waals surface area contributed by atoms with E-state index in [0.29, 0.717) is 0 Å². The maximum atomic E-state index is 12.1. The second-order valence-corrected chi connectivity index (χ2v) is 7.21. The number of hydrogen-bond donors (Lipinski definition) is 3. The summed E-state index contributed by atoms with van der Waals surface area (Å²) in [5.74, 6) is -1.06. The van der Waals surface area contributed by atoms with Gasteiger partial charge >= 0.3 is 0 Å². The number of nitrogens with one attached hydrogen (secondary N) is 1. The number of primary amides is 1. The molecule has 1 atom stereocenters. The molecule has 2 amide bonds. The quantitative estimate of drug-likeness (QED) is 0.440. The summed E-state index contributed by atoms with van der Waals surface area (Å²) in [7, 11) is 0. The summed E-state index contributed by atoms with van der Waals surface area (Å²) in [6.45, 7) is -0.0147. The van der Waals surface area contributed by atoms with Crippen LogP contribution in [0.1, 0.15) is 23.1 Å². The minimum absolute atomic E-state index is 0.226. The molecule has 31 heavy (non-hydrogen) atoms. The number of hydrogen-bond acceptors (Lipinski definition) is 4. The van der Waals surface area contributed by atoms with Crippen LogP contribution in [0.25, 0.3) is 0 Å². The van der Waals surface area contributed by atoms with Crippen LogP contribution in [-0.2, 0) is 19.9 Å². The first-order chi connectivity index (χ1) is 15.0. The Morgan fingerprint density at radius 3 is 1.61 bits per heavy atom. The predicted octanol–water partition coefficient (Wildman–Crippen LogP) is 2.31. The highest BCUT2D eigenvalue weighted by Crippen LogP contribution is 2.40. The number of carbonyl (C=O) groups excluding carboxylic acids is 2. The molecule has 0 aliphatic carbocycles. The van der Waals surface area contributed by atoms with E-state index in [1.807, 2.05) is 91.0 Å². The van der Waals surface area contributed by atoms with Crippen molar-refractivity contribution >= 4 is 11.8 Å². The van der Waals surface area contributed by atoms with E-state index in [0.717, 1.165) is 16.7 Å². The molecule has 160 valence electrons. The molecule has 0 radical (unpaired) electrons. The van der Waals surface area contributed by atoms with Gasteiger partial charge in [0.15, 0.2) is 0 Å². The fourth-order valence-electron chi connectivity index (χ4n) is 3.54. The Morgan fingerprint density at radius 1 is 0.806 bits per heavy atom. The number of amides is 2. The fraction of sp³-hybridized carbons (Fsp3) is 0.200. The normalized spacial score (nSPS) is 12.2. The van der Waals surface area contributed by atoms with Crippen LogP contribution < -0.4 is 16.8 Å². The maximum Gasteiger partial charge on any atom is 0.237 e. The molecule has 5 N–H and O–H groups in total. The largest absolute Gasteiger partial charge is 0.368 e. The summed E-state index contributed by atoms with van der Waals surface area (Å²) in [5.41, 5.74) is 13.1. The zero-order valence-corrected chi connectivity index (χ0v) is 17.2. The number of ether oxygens (including phenoxy) is 1. The third-order valence-electron chi connectivity index (χ3n) is 5.06. The summed E-state index contributed by atoms with van der Waals surface area (Å²) in [6.07, 6.45) is 0.277. The lowest BCUT2D eigenvalue weighted by Gasteiger charge is -2.36. The van der Waals surface area contributed by atoms with Crippen molar-refractivity contribution < 1.29 is 14.3 Å². The van der Waals surface area contributed by atoms with Gasteiger partial charge in [0.05, 0.1) is 19.2 Å². The Balaban J connectivity index is 1.91. The molecule has 0 aliphatic rings. The van der Waals surface area contributed by atoms with Gasteiger partial charge in [-0.3, -0.25) is 9.59 Å². The van der Waals surface area contributed by atoms with Gasteiger partial charge in [0.2, 0.25) is 11.8 Å². The average molecular weight is 418 g/mol. The van der Waals surface area contributed by atoms with Crippen LogP contribution in [-0.4, -0.2) is 31.0 Å². The average Bonchev–Trinajstić information content (AvgIpc) is 2.82. The van der Waals surface area contributed by atoms with E-state index in [4.69, 9.17) is 16.2 Å². The van der Waals surface area contributed by atoms with E-state index in [9.17, 15) is 9.59 Å². The first-order valence-corrected chi connectivity index (χ1v) is 10.2. The van der Waals surface area contributed by atoms with Gasteiger partial charge in [-0.25, -0.2) is 0 Å². The van der Waals surface area contributed by atoms with Crippen molar-refractivity contribution in [1.82, 2.24) is 5.32 Å². The zero-order chi connectivity index (χ0) is 22.1. The van der Waals surface area contributed by atoms with E-state index in [1.54, 1.807) is 0 Å². The Kier molecular flexibility index (Phi) is 7.54. The Bertz CT molecular complexity index is 882. The van der Waals surface area contributed by atoms with Gasteiger partial charge in [0.1, 0.15) is 5.60 Å². The highest BCUT2D eigenvalue weighted by atomic mass is 16.5. The van der Waals surface area contributed by atoms with Crippen LogP contribution in [0.5, 0.6) is 0 Å². The van der Waals surface area contributed by atoms with Crippen molar-refractivity contribution in [3.8, 4) is 0 Å². The number of nitrogens with two attached hydrogens (primary N) is 2. The molecule has 6 heteroatoms. The topological polar surface area (TPSA) is 107 Å². The van der Waals surface area contributed by atoms with Crippen LogP contribution in [0.4, 0.5) is 0 Å². The van der Waals surface area contributed by atoms with E-state index >= 15 is 0 Å². The second-order valence-electron chi connectivity index (χ2n) is 7.21. The molecule has 3 aromatic carbocycles. The number of benzene rings is 3. The molecule has 0 fully saturated rings. The minimum Gasteiger partial charge on any atom is -0.368 e. The van der Waals surface area contributed by atoms with Crippen molar-refractivity contribution in [2.75, 3.05) is 13.2 Å². The van der Waals surface area contributed by atoms with Crippen molar-refractivity contribution in [3.63, 3.8) is 0 Å². The van der Waals surface area contributed by atoms with Crippen molar-refractivity contribution in [2.24, 2.45) is 11.5 Å². The lowest BCUT2D eigenvalue weighted by atomic mass is 9.80. The van der Waals surface area contributed by atoms with Crippen LogP contribution in [0.2, 0.25) is 0 Å².